The fourth-order valence-corrected chi connectivity index (χ4v) is 2.97. The van der Waals surface area contributed by atoms with Gasteiger partial charge < -0.3 is 15.4 Å². The molecule has 1 aliphatic heterocycles. The van der Waals surface area contributed by atoms with Crippen molar-refractivity contribution in [3.05, 3.63) is 29.8 Å². The third-order valence-corrected chi connectivity index (χ3v) is 4.42. The zero-order chi connectivity index (χ0) is 17.4. The van der Waals surface area contributed by atoms with E-state index in [-0.39, 0.29) is 11.9 Å². The first-order valence-electron chi connectivity index (χ1n) is 8.47. The van der Waals surface area contributed by atoms with E-state index in [1.165, 1.54) is 5.56 Å². The minimum absolute atomic E-state index is 0.0851. The van der Waals surface area contributed by atoms with E-state index in [0.717, 1.165) is 31.7 Å². The van der Waals surface area contributed by atoms with E-state index in [4.69, 9.17) is 11.2 Å². The van der Waals surface area contributed by atoms with Crippen LogP contribution < -0.4 is 15.4 Å². The monoisotopic (exact) mass is 329 g/mol. The van der Waals surface area contributed by atoms with Crippen molar-refractivity contribution in [1.29, 1.82) is 0 Å². The molecule has 1 unspecified atom stereocenters. The van der Waals surface area contributed by atoms with Gasteiger partial charge in [-0.25, -0.2) is 0 Å². The Morgan fingerprint density at radius 1 is 1.38 bits per heavy atom. The highest BCUT2D eigenvalue weighted by Crippen LogP contribution is 2.20. The van der Waals surface area contributed by atoms with Crippen LogP contribution in [-0.4, -0.2) is 50.1 Å². The molecule has 1 aromatic carbocycles. The van der Waals surface area contributed by atoms with Gasteiger partial charge in [-0.3, -0.25) is 9.69 Å². The molecule has 1 aromatic rings. The van der Waals surface area contributed by atoms with Gasteiger partial charge in [0.2, 0.25) is 5.91 Å². The van der Waals surface area contributed by atoms with E-state index in [9.17, 15) is 4.79 Å². The molecule has 0 radical (unpaired) electrons. The van der Waals surface area contributed by atoms with Crippen LogP contribution in [0.2, 0.25) is 0 Å². The van der Waals surface area contributed by atoms with Crippen LogP contribution in [0.4, 0.5) is 0 Å². The molecule has 1 amide bonds. The SMILES string of the molecule is C#CCOc1ccc(C(C)NC2CCN(CC(=O)NC)CC2)cc1. The van der Waals surface area contributed by atoms with E-state index in [2.05, 4.69) is 40.5 Å². The first-order valence-corrected chi connectivity index (χ1v) is 8.47. The molecule has 2 N–H and O–H groups in total. The zero-order valence-corrected chi connectivity index (χ0v) is 14.5. The lowest BCUT2D eigenvalue weighted by Crippen LogP contribution is -2.46. The van der Waals surface area contributed by atoms with Crippen LogP contribution in [0.3, 0.4) is 0 Å². The van der Waals surface area contributed by atoms with Crippen LogP contribution in [0.5, 0.6) is 5.75 Å². The topological polar surface area (TPSA) is 53.6 Å². The first-order chi connectivity index (χ1) is 11.6. The predicted molar refractivity (Wildman–Crippen MR) is 95.8 cm³/mol. The number of nitrogens with zero attached hydrogens (tertiary/aromatic N) is 1. The van der Waals surface area contributed by atoms with Gasteiger partial charge in [0, 0.05) is 32.2 Å². The highest BCUT2D eigenvalue weighted by Gasteiger charge is 2.21. The Labute approximate surface area is 144 Å². The molecular weight excluding hydrogens is 302 g/mol. The largest absolute Gasteiger partial charge is 0.481 e. The van der Waals surface area contributed by atoms with Gasteiger partial charge >= 0.3 is 0 Å². The first kappa shape index (κ1) is 18.3. The maximum Gasteiger partial charge on any atom is 0.233 e. The maximum absolute atomic E-state index is 11.4. The number of likely N-dealkylation sites (N-methyl/N-ethyl adjacent to an activating group) is 1. The van der Waals surface area contributed by atoms with E-state index in [1.807, 2.05) is 12.1 Å². The van der Waals surface area contributed by atoms with Crippen LogP contribution in [-0.2, 0) is 4.79 Å². The number of benzene rings is 1. The van der Waals surface area contributed by atoms with Crippen LogP contribution in [0.25, 0.3) is 0 Å². The van der Waals surface area contributed by atoms with Crippen molar-refractivity contribution in [2.45, 2.75) is 31.8 Å². The Balaban J connectivity index is 1.78. The van der Waals surface area contributed by atoms with Gasteiger partial charge in [-0.2, -0.15) is 0 Å². The number of ether oxygens (including phenoxy) is 1. The van der Waals surface area contributed by atoms with Gasteiger partial charge in [-0.1, -0.05) is 18.1 Å². The van der Waals surface area contributed by atoms with Crippen molar-refractivity contribution in [3.63, 3.8) is 0 Å². The Hall–Kier alpha value is -2.03. The lowest BCUT2D eigenvalue weighted by molar-refractivity contribution is -0.122. The van der Waals surface area contributed by atoms with Crippen LogP contribution in [0.1, 0.15) is 31.4 Å². The summed E-state index contributed by atoms with van der Waals surface area (Å²) >= 11 is 0. The molecular formula is C19H27N3O2. The van der Waals surface area contributed by atoms with Gasteiger partial charge in [0.15, 0.2) is 0 Å². The van der Waals surface area contributed by atoms with E-state index in [0.29, 0.717) is 19.2 Å². The highest BCUT2D eigenvalue weighted by atomic mass is 16.5. The number of terminal acetylenes is 1. The van der Waals surface area contributed by atoms with Gasteiger partial charge in [0.1, 0.15) is 12.4 Å². The summed E-state index contributed by atoms with van der Waals surface area (Å²) in [6.45, 7) is 4.88. The lowest BCUT2D eigenvalue weighted by Gasteiger charge is -2.33. The number of nitrogens with one attached hydrogen (secondary N) is 2. The lowest BCUT2D eigenvalue weighted by atomic mass is 10.0. The average Bonchev–Trinajstić information content (AvgIpc) is 2.61. The molecule has 2 rings (SSSR count). The summed E-state index contributed by atoms with van der Waals surface area (Å²) in [5.41, 5.74) is 1.23. The van der Waals surface area contributed by atoms with Crippen molar-refractivity contribution < 1.29 is 9.53 Å². The minimum Gasteiger partial charge on any atom is -0.481 e. The molecule has 1 atom stereocenters. The van der Waals surface area contributed by atoms with Gasteiger partial charge in [0.05, 0.1) is 6.54 Å². The maximum atomic E-state index is 11.4. The Morgan fingerprint density at radius 2 is 2.04 bits per heavy atom. The summed E-state index contributed by atoms with van der Waals surface area (Å²) in [5, 5.41) is 6.36. The molecule has 5 nitrogen and oxygen atoms in total. The quantitative estimate of drug-likeness (QED) is 0.746. The van der Waals surface area contributed by atoms with Gasteiger partial charge in [-0.15, -0.1) is 6.42 Å². The van der Waals surface area contributed by atoms with E-state index >= 15 is 0 Å². The summed E-state index contributed by atoms with van der Waals surface area (Å²) in [5.74, 6) is 3.35. The van der Waals surface area contributed by atoms with Crippen molar-refractivity contribution >= 4 is 5.91 Å². The molecule has 5 heteroatoms. The normalized spacial score (nSPS) is 17.0. The van der Waals surface area contributed by atoms with Gasteiger partial charge in [0.25, 0.3) is 0 Å². The molecule has 0 bridgehead atoms. The molecule has 0 aromatic heterocycles. The number of carbonyl (C=O) groups is 1. The van der Waals surface area contributed by atoms with Crippen molar-refractivity contribution in [3.8, 4) is 18.1 Å². The van der Waals surface area contributed by atoms with Crippen molar-refractivity contribution in [2.24, 2.45) is 0 Å². The smallest absolute Gasteiger partial charge is 0.233 e. The fraction of sp³-hybridized carbons (Fsp3) is 0.526. The van der Waals surface area contributed by atoms with Crippen LogP contribution in [0, 0.1) is 12.3 Å². The van der Waals surface area contributed by atoms with Gasteiger partial charge in [-0.05, 0) is 37.5 Å². The molecule has 1 saturated heterocycles. The molecule has 130 valence electrons. The third kappa shape index (κ3) is 5.55. The number of rotatable bonds is 7. The number of piperidine rings is 1. The number of amides is 1. The zero-order valence-electron chi connectivity index (χ0n) is 14.5. The molecule has 1 heterocycles. The Morgan fingerprint density at radius 3 is 2.62 bits per heavy atom. The average molecular weight is 329 g/mol. The molecule has 24 heavy (non-hydrogen) atoms. The van der Waals surface area contributed by atoms with E-state index < -0.39 is 0 Å². The summed E-state index contributed by atoms with van der Waals surface area (Å²) in [4.78, 5) is 13.6. The Bertz CT molecular complexity index is 557. The Kier molecular flexibility index (Phi) is 7.10. The molecule has 1 aliphatic rings. The molecule has 0 aliphatic carbocycles. The van der Waals surface area contributed by atoms with Crippen molar-refractivity contribution in [1.82, 2.24) is 15.5 Å². The summed E-state index contributed by atoms with van der Waals surface area (Å²) < 4.78 is 5.40. The van der Waals surface area contributed by atoms with Crippen LogP contribution in [0.15, 0.2) is 24.3 Å². The molecule has 1 fully saturated rings. The summed E-state index contributed by atoms with van der Waals surface area (Å²) in [7, 11) is 1.68. The van der Waals surface area contributed by atoms with Crippen LogP contribution >= 0.6 is 0 Å². The number of hydrogen-bond donors (Lipinski definition) is 2. The second kappa shape index (κ2) is 9.31. The molecule has 0 saturated carbocycles. The fourth-order valence-electron chi connectivity index (χ4n) is 2.97. The predicted octanol–water partition coefficient (Wildman–Crippen LogP) is 1.56. The third-order valence-electron chi connectivity index (χ3n) is 4.42. The number of likely N-dealkylation sites (tertiary alicyclic amines) is 1. The van der Waals surface area contributed by atoms with Crippen molar-refractivity contribution in [2.75, 3.05) is 33.3 Å². The summed E-state index contributed by atoms with van der Waals surface area (Å²) in [6.07, 6.45) is 7.31. The summed E-state index contributed by atoms with van der Waals surface area (Å²) in [6, 6.07) is 8.82. The molecule has 0 spiro atoms. The standard InChI is InChI=1S/C19H27N3O2/c1-4-13-24-18-7-5-16(6-8-18)15(2)21-17-9-11-22(12-10-17)14-19(23)20-3/h1,5-8,15,17,21H,9-14H2,2-3H3,(H,20,23). The second-order valence-corrected chi connectivity index (χ2v) is 6.17. The minimum atomic E-state index is 0.0851. The second-order valence-electron chi connectivity index (χ2n) is 6.17. The number of carbonyl (C=O) groups excluding carboxylic acids is 1. The number of hydrogen-bond acceptors (Lipinski definition) is 4. The highest BCUT2D eigenvalue weighted by molar-refractivity contribution is 5.77. The van der Waals surface area contributed by atoms with E-state index in [1.54, 1.807) is 7.05 Å².